The lowest BCUT2D eigenvalue weighted by atomic mass is 10.0. The SMILES string of the molecule is CCNC(=NCc1ccc(O)c(F)c1)NC1CCN(Cc2ccccn2)CC1.I. The number of guanidine groups is 1. The number of rotatable bonds is 6. The van der Waals surface area contributed by atoms with Gasteiger partial charge in [0.1, 0.15) is 0 Å². The molecule has 0 saturated carbocycles. The number of nitrogens with zero attached hydrogens (tertiary/aromatic N) is 3. The number of phenols is 1. The van der Waals surface area contributed by atoms with Gasteiger partial charge in [-0.2, -0.15) is 0 Å². The molecule has 1 aromatic carbocycles. The maximum Gasteiger partial charge on any atom is 0.191 e. The van der Waals surface area contributed by atoms with Crippen LogP contribution in [0, 0.1) is 5.82 Å². The van der Waals surface area contributed by atoms with Gasteiger partial charge in [-0.05, 0) is 49.6 Å². The van der Waals surface area contributed by atoms with E-state index in [-0.39, 0.29) is 29.7 Å². The number of aromatic hydroxyl groups is 1. The van der Waals surface area contributed by atoms with E-state index < -0.39 is 5.82 Å². The van der Waals surface area contributed by atoms with Crippen LogP contribution in [0.15, 0.2) is 47.6 Å². The van der Waals surface area contributed by atoms with Crippen molar-refractivity contribution in [1.29, 1.82) is 0 Å². The summed E-state index contributed by atoms with van der Waals surface area (Å²) in [6.45, 7) is 6.04. The van der Waals surface area contributed by atoms with Gasteiger partial charge in [0, 0.05) is 38.4 Å². The monoisotopic (exact) mass is 513 g/mol. The summed E-state index contributed by atoms with van der Waals surface area (Å²) in [5, 5.41) is 16.0. The van der Waals surface area contributed by atoms with Gasteiger partial charge in [0.25, 0.3) is 0 Å². The van der Waals surface area contributed by atoms with Crippen LogP contribution in [0.3, 0.4) is 0 Å². The Kier molecular flexibility index (Phi) is 9.59. The third-order valence-corrected chi connectivity index (χ3v) is 4.82. The standard InChI is InChI=1S/C21H28FN5O.HI/c1-2-23-21(25-14-16-6-7-20(28)19(22)13-16)26-17-8-11-27(12-9-17)15-18-5-3-4-10-24-18;/h3-7,10,13,17,28H,2,8-9,11-12,14-15H2,1H3,(H2,23,25,26);1H. The van der Waals surface area contributed by atoms with Gasteiger partial charge in [-0.25, -0.2) is 9.38 Å². The Labute approximate surface area is 188 Å². The zero-order chi connectivity index (χ0) is 19.8. The Balaban J connectivity index is 0.00000300. The summed E-state index contributed by atoms with van der Waals surface area (Å²) in [6.07, 6.45) is 3.90. The number of nitrogens with one attached hydrogen (secondary N) is 2. The van der Waals surface area contributed by atoms with Crippen LogP contribution >= 0.6 is 24.0 Å². The minimum absolute atomic E-state index is 0. The highest BCUT2D eigenvalue weighted by molar-refractivity contribution is 14.0. The molecule has 29 heavy (non-hydrogen) atoms. The lowest BCUT2D eigenvalue weighted by Crippen LogP contribution is -2.48. The molecule has 1 aliphatic heterocycles. The molecule has 6 nitrogen and oxygen atoms in total. The molecule has 158 valence electrons. The highest BCUT2D eigenvalue weighted by atomic mass is 127. The number of hydrogen-bond donors (Lipinski definition) is 3. The van der Waals surface area contributed by atoms with Crippen molar-refractivity contribution in [3.05, 3.63) is 59.7 Å². The molecular formula is C21H29FIN5O. The number of benzene rings is 1. The van der Waals surface area contributed by atoms with Crippen LogP contribution in [0.5, 0.6) is 5.75 Å². The predicted molar refractivity (Wildman–Crippen MR) is 124 cm³/mol. The zero-order valence-electron chi connectivity index (χ0n) is 16.6. The molecule has 3 N–H and O–H groups in total. The normalized spacial score (nSPS) is 15.6. The minimum atomic E-state index is -0.620. The molecule has 0 radical (unpaired) electrons. The number of hydrogen-bond acceptors (Lipinski definition) is 4. The topological polar surface area (TPSA) is 72.8 Å². The maximum absolute atomic E-state index is 13.5. The second-order valence-electron chi connectivity index (χ2n) is 7.00. The fraction of sp³-hybridized carbons (Fsp3) is 0.429. The van der Waals surface area contributed by atoms with E-state index in [4.69, 9.17) is 0 Å². The van der Waals surface area contributed by atoms with Crippen molar-refractivity contribution in [1.82, 2.24) is 20.5 Å². The molecule has 1 fully saturated rings. The van der Waals surface area contributed by atoms with Crippen LogP contribution in [-0.4, -0.2) is 46.6 Å². The molecular weight excluding hydrogens is 484 g/mol. The minimum Gasteiger partial charge on any atom is -0.505 e. The van der Waals surface area contributed by atoms with Crippen LogP contribution in [0.25, 0.3) is 0 Å². The average molecular weight is 513 g/mol. The van der Waals surface area contributed by atoms with E-state index >= 15 is 0 Å². The van der Waals surface area contributed by atoms with Gasteiger partial charge in [0.2, 0.25) is 0 Å². The fourth-order valence-corrected chi connectivity index (χ4v) is 3.29. The van der Waals surface area contributed by atoms with Crippen LogP contribution in [0.4, 0.5) is 4.39 Å². The number of likely N-dealkylation sites (tertiary alicyclic amines) is 1. The number of aliphatic imine (C=N–C) groups is 1. The molecule has 2 aromatic rings. The van der Waals surface area contributed by atoms with Gasteiger partial charge in [0.15, 0.2) is 17.5 Å². The molecule has 3 rings (SSSR count). The predicted octanol–water partition coefficient (Wildman–Crippen LogP) is 3.26. The van der Waals surface area contributed by atoms with Crippen molar-refractivity contribution in [2.75, 3.05) is 19.6 Å². The molecule has 1 aliphatic rings. The number of aromatic nitrogens is 1. The largest absolute Gasteiger partial charge is 0.505 e. The van der Waals surface area contributed by atoms with E-state index in [2.05, 4.69) is 31.6 Å². The summed E-state index contributed by atoms with van der Waals surface area (Å²) in [7, 11) is 0. The van der Waals surface area contributed by atoms with E-state index in [0.717, 1.165) is 56.2 Å². The van der Waals surface area contributed by atoms with Crippen molar-refractivity contribution in [3.8, 4) is 5.75 Å². The number of piperidine rings is 1. The molecule has 2 heterocycles. The van der Waals surface area contributed by atoms with Crippen molar-refractivity contribution in [2.45, 2.75) is 38.9 Å². The van der Waals surface area contributed by atoms with Crippen LogP contribution in [0.2, 0.25) is 0 Å². The van der Waals surface area contributed by atoms with E-state index in [1.165, 1.54) is 12.1 Å². The maximum atomic E-state index is 13.5. The van der Waals surface area contributed by atoms with E-state index in [0.29, 0.717) is 12.6 Å². The Morgan fingerprint density at radius 3 is 2.72 bits per heavy atom. The third kappa shape index (κ3) is 7.43. The van der Waals surface area contributed by atoms with E-state index in [1.807, 2.05) is 25.3 Å². The van der Waals surface area contributed by atoms with Gasteiger partial charge in [0.05, 0.1) is 12.2 Å². The second kappa shape index (κ2) is 11.9. The summed E-state index contributed by atoms with van der Waals surface area (Å²) in [5.41, 5.74) is 1.82. The van der Waals surface area contributed by atoms with Crippen molar-refractivity contribution in [3.63, 3.8) is 0 Å². The van der Waals surface area contributed by atoms with Crippen LogP contribution < -0.4 is 10.6 Å². The first-order valence-corrected chi connectivity index (χ1v) is 9.78. The summed E-state index contributed by atoms with van der Waals surface area (Å²) < 4.78 is 13.5. The molecule has 0 spiro atoms. The fourth-order valence-electron chi connectivity index (χ4n) is 3.29. The Morgan fingerprint density at radius 2 is 2.07 bits per heavy atom. The summed E-state index contributed by atoms with van der Waals surface area (Å²) >= 11 is 0. The first kappa shape index (κ1) is 23.3. The van der Waals surface area contributed by atoms with Gasteiger partial charge in [-0.1, -0.05) is 12.1 Å². The first-order valence-electron chi connectivity index (χ1n) is 9.78. The highest BCUT2D eigenvalue weighted by Crippen LogP contribution is 2.17. The Bertz CT molecular complexity index is 782. The summed E-state index contributed by atoms with van der Waals surface area (Å²) in [4.78, 5) is 11.4. The van der Waals surface area contributed by atoms with Crippen molar-refractivity contribution < 1.29 is 9.50 Å². The first-order chi connectivity index (χ1) is 13.6. The smallest absolute Gasteiger partial charge is 0.191 e. The van der Waals surface area contributed by atoms with Gasteiger partial charge in [-0.3, -0.25) is 9.88 Å². The van der Waals surface area contributed by atoms with Gasteiger partial charge < -0.3 is 15.7 Å². The van der Waals surface area contributed by atoms with E-state index in [9.17, 15) is 9.50 Å². The van der Waals surface area contributed by atoms with Gasteiger partial charge >= 0.3 is 0 Å². The Morgan fingerprint density at radius 1 is 1.28 bits per heavy atom. The lowest BCUT2D eigenvalue weighted by Gasteiger charge is -2.32. The summed E-state index contributed by atoms with van der Waals surface area (Å²) in [6, 6.07) is 10.7. The van der Waals surface area contributed by atoms with Crippen LogP contribution in [-0.2, 0) is 13.1 Å². The molecule has 0 bridgehead atoms. The molecule has 8 heteroatoms. The van der Waals surface area contributed by atoms with E-state index in [1.54, 1.807) is 6.07 Å². The summed E-state index contributed by atoms with van der Waals surface area (Å²) in [5.74, 6) is -0.222. The lowest BCUT2D eigenvalue weighted by molar-refractivity contribution is 0.196. The highest BCUT2D eigenvalue weighted by Gasteiger charge is 2.20. The third-order valence-electron chi connectivity index (χ3n) is 4.82. The quantitative estimate of drug-likeness (QED) is 0.314. The van der Waals surface area contributed by atoms with Crippen molar-refractivity contribution >= 4 is 29.9 Å². The number of pyridine rings is 1. The molecule has 1 saturated heterocycles. The average Bonchev–Trinajstić information content (AvgIpc) is 2.71. The molecule has 1 aromatic heterocycles. The van der Waals surface area contributed by atoms with Crippen LogP contribution in [0.1, 0.15) is 31.0 Å². The number of halogens is 2. The molecule has 0 atom stereocenters. The second-order valence-corrected chi connectivity index (χ2v) is 7.00. The molecule has 0 unspecified atom stereocenters. The van der Waals surface area contributed by atoms with Gasteiger partial charge in [-0.15, -0.1) is 24.0 Å². The van der Waals surface area contributed by atoms with Crippen molar-refractivity contribution in [2.24, 2.45) is 4.99 Å². The molecule has 0 amide bonds. The Hall–Kier alpha value is -1.94. The number of phenolic OH excluding ortho intramolecular Hbond substituents is 1. The molecule has 0 aliphatic carbocycles. The zero-order valence-corrected chi connectivity index (χ0v) is 19.0.